The first-order valence-corrected chi connectivity index (χ1v) is 13.3. The van der Waals surface area contributed by atoms with E-state index in [1.165, 1.54) is 6.33 Å². The smallest absolute Gasteiger partial charge is 0.248 e. The average Bonchev–Trinajstić information content (AvgIpc) is 3.66. The summed E-state index contributed by atoms with van der Waals surface area (Å²) in [6.45, 7) is 2.22. The van der Waals surface area contributed by atoms with E-state index in [0.717, 1.165) is 47.7 Å². The number of fused-ring (bicyclic) bond motifs is 1. The van der Waals surface area contributed by atoms with E-state index in [2.05, 4.69) is 25.1 Å². The van der Waals surface area contributed by atoms with Gasteiger partial charge in [0.2, 0.25) is 5.91 Å². The largest absolute Gasteiger partial charge is 0.363 e. The van der Waals surface area contributed by atoms with Gasteiger partial charge in [0.15, 0.2) is 0 Å². The SMILES string of the molecule is O=C1COC2(CCN(C(c3ncn[nH]3)c3ccc(-c4ccc5cccnc5c4)cc3F)CC2)CN1C1CC1. The summed E-state index contributed by atoms with van der Waals surface area (Å²) in [4.78, 5) is 25.5. The number of nitrogens with one attached hydrogen (secondary N) is 1. The molecule has 1 unspecified atom stereocenters. The van der Waals surface area contributed by atoms with Crippen molar-refractivity contribution in [1.82, 2.24) is 30.0 Å². The van der Waals surface area contributed by atoms with Crippen LogP contribution in [0.2, 0.25) is 0 Å². The molecule has 1 N–H and O–H groups in total. The summed E-state index contributed by atoms with van der Waals surface area (Å²) in [7, 11) is 0. The number of H-pyrrole nitrogens is 1. The fourth-order valence-electron chi connectivity index (χ4n) is 5.99. The first kappa shape index (κ1) is 23.4. The summed E-state index contributed by atoms with van der Waals surface area (Å²) < 4.78 is 21.9. The van der Waals surface area contributed by atoms with Crippen LogP contribution in [-0.4, -0.2) is 73.8 Å². The van der Waals surface area contributed by atoms with Crippen LogP contribution in [0.15, 0.2) is 61.1 Å². The maximum absolute atomic E-state index is 15.8. The molecule has 1 aliphatic carbocycles. The number of benzene rings is 2. The normalized spacial score (nSPS) is 20.8. The number of carbonyl (C=O) groups excluding carboxylic acids is 1. The van der Waals surface area contributed by atoms with Gasteiger partial charge >= 0.3 is 0 Å². The first-order valence-electron chi connectivity index (χ1n) is 13.3. The van der Waals surface area contributed by atoms with Crippen LogP contribution < -0.4 is 0 Å². The second-order valence-electron chi connectivity index (χ2n) is 10.7. The molecule has 2 saturated heterocycles. The van der Waals surface area contributed by atoms with Crippen molar-refractivity contribution in [2.24, 2.45) is 0 Å². The highest BCUT2D eigenvalue weighted by Gasteiger charge is 2.47. The number of ether oxygens (including phenoxy) is 1. The number of nitrogens with zero attached hydrogens (tertiary/aromatic N) is 5. The highest BCUT2D eigenvalue weighted by atomic mass is 19.1. The Morgan fingerprint density at radius 1 is 1.05 bits per heavy atom. The molecule has 38 heavy (non-hydrogen) atoms. The second kappa shape index (κ2) is 9.25. The van der Waals surface area contributed by atoms with E-state index >= 15 is 4.39 Å². The molecule has 2 aromatic heterocycles. The van der Waals surface area contributed by atoms with Gasteiger partial charge in [0.05, 0.1) is 23.7 Å². The molecule has 3 fully saturated rings. The van der Waals surface area contributed by atoms with Gasteiger partial charge in [-0.3, -0.25) is 19.8 Å². The van der Waals surface area contributed by atoms with Gasteiger partial charge in [0.1, 0.15) is 24.6 Å². The molecule has 4 heterocycles. The van der Waals surface area contributed by atoms with Gasteiger partial charge in [-0.1, -0.05) is 30.3 Å². The third-order valence-corrected chi connectivity index (χ3v) is 8.27. The van der Waals surface area contributed by atoms with Crippen molar-refractivity contribution in [2.75, 3.05) is 26.2 Å². The maximum Gasteiger partial charge on any atom is 0.248 e. The monoisotopic (exact) mass is 512 g/mol. The van der Waals surface area contributed by atoms with Crippen LogP contribution in [-0.2, 0) is 9.53 Å². The summed E-state index contributed by atoms with van der Waals surface area (Å²) in [6, 6.07) is 15.3. The Balaban J connectivity index is 1.15. The summed E-state index contributed by atoms with van der Waals surface area (Å²) in [5.74, 6) is 0.427. The van der Waals surface area contributed by atoms with Gasteiger partial charge in [-0.15, -0.1) is 0 Å². The number of aromatic nitrogens is 4. The van der Waals surface area contributed by atoms with E-state index in [4.69, 9.17) is 4.74 Å². The highest BCUT2D eigenvalue weighted by Crippen LogP contribution is 2.39. The van der Waals surface area contributed by atoms with Gasteiger partial charge in [-0.25, -0.2) is 9.37 Å². The molecule has 9 heteroatoms. The van der Waals surface area contributed by atoms with Crippen molar-refractivity contribution in [3.8, 4) is 11.1 Å². The molecule has 0 radical (unpaired) electrons. The number of pyridine rings is 1. The van der Waals surface area contributed by atoms with Crippen LogP contribution in [0.3, 0.4) is 0 Å². The summed E-state index contributed by atoms with van der Waals surface area (Å²) in [6.07, 6.45) is 6.96. The number of morpholine rings is 1. The molecule has 1 saturated carbocycles. The Bertz CT molecular complexity index is 1480. The Labute approximate surface area is 219 Å². The second-order valence-corrected chi connectivity index (χ2v) is 10.7. The molecule has 2 aliphatic heterocycles. The first-order chi connectivity index (χ1) is 18.6. The number of rotatable bonds is 5. The van der Waals surface area contributed by atoms with Crippen LogP contribution in [0, 0.1) is 5.82 Å². The van der Waals surface area contributed by atoms with E-state index in [0.29, 0.717) is 37.1 Å². The number of likely N-dealkylation sites (tertiary alicyclic amines) is 1. The van der Waals surface area contributed by atoms with Crippen molar-refractivity contribution in [2.45, 2.75) is 43.4 Å². The summed E-state index contributed by atoms with van der Waals surface area (Å²) >= 11 is 0. The number of halogens is 1. The molecular weight excluding hydrogens is 483 g/mol. The number of hydrogen-bond acceptors (Lipinski definition) is 6. The number of carbonyl (C=O) groups is 1. The van der Waals surface area contributed by atoms with Crippen molar-refractivity contribution in [1.29, 1.82) is 0 Å². The molecule has 0 bridgehead atoms. The molecule has 2 aromatic carbocycles. The fourth-order valence-corrected chi connectivity index (χ4v) is 5.99. The van der Waals surface area contributed by atoms with Gasteiger partial charge in [0, 0.05) is 36.3 Å². The fraction of sp³-hybridized carbons (Fsp3) is 0.379. The van der Waals surface area contributed by atoms with Crippen molar-refractivity contribution in [3.05, 3.63) is 78.3 Å². The minimum absolute atomic E-state index is 0.101. The van der Waals surface area contributed by atoms with E-state index < -0.39 is 6.04 Å². The molecule has 1 atom stereocenters. The van der Waals surface area contributed by atoms with E-state index in [-0.39, 0.29) is 23.9 Å². The van der Waals surface area contributed by atoms with E-state index in [1.807, 2.05) is 47.4 Å². The molecule has 4 aromatic rings. The zero-order chi connectivity index (χ0) is 25.7. The third kappa shape index (κ3) is 4.25. The molecule has 1 amide bonds. The highest BCUT2D eigenvalue weighted by molar-refractivity contribution is 5.84. The number of aromatic amines is 1. The minimum Gasteiger partial charge on any atom is -0.363 e. The maximum atomic E-state index is 15.8. The third-order valence-electron chi connectivity index (χ3n) is 8.27. The van der Waals surface area contributed by atoms with Crippen LogP contribution in [0.1, 0.15) is 43.1 Å². The minimum atomic E-state index is -0.396. The molecule has 194 valence electrons. The number of amides is 1. The van der Waals surface area contributed by atoms with Gasteiger partial charge in [0.25, 0.3) is 0 Å². The predicted molar refractivity (Wildman–Crippen MR) is 140 cm³/mol. The topological polar surface area (TPSA) is 87.2 Å². The van der Waals surface area contributed by atoms with Crippen LogP contribution in [0.4, 0.5) is 4.39 Å². The van der Waals surface area contributed by atoms with Crippen molar-refractivity contribution >= 4 is 16.8 Å². The van der Waals surface area contributed by atoms with Crippen molar-refractivity contribution < 1.29 is 13.9 Å². The Morgan fingerprint density at radius 3 is 2.63 bits per heavy atom. The summed E-state index contributed by atoms with van der Waals surface area (Å²) in [5.41, 5.74) is 2.82. The molecular formula is C29H29FN6O2. The molecule has 3 aliphatic rings. The van der Waals surface area contributed by atoms with Gasteiger partial charge in [-0.05, 0) is 55.0 Å². The zero-order valence-corrected chi connectivity index (χ0v) is 21.0. The Kier molecular flexibility index (Phi) is 5.70. The van der Waals surface area contributed by atoms with Gasteiger partial charge < -0.3 is 9.64 Å². The molecule has 1 spiro atoms. The Hall–Kier alpha value is -3.69. The molecule has 7 rings (SSSR count). The lowest BCUT2D eigenvalue weighted by Crippen LogP contribution is -2.59. The summed E-state index contributed by atoms with van der Waals surface area (Å²) in [5, 5.41) is 8.08. The number of hydrogen-bond donors (Lipinski definition) is 1. The Morgan fingerprint density at radius 2 is 1.87 bits per heavy atom. The predicted octanol–water partition coefficient (Wildman–Crippen LogP) is 4.10. The van der Waals surface area contributed by atoms with E-state index in [1.54, 1.807) is 12.3 Å². The van der Waals surface area contributed by atoms with Crippen molar-refractivity contribution in [3.63, 3.8) is 0 Å². The average molecular weight is 513 g/mol. The van der Waals surface area contributed by atoms with Crippen LogP contribution >= 0.6 is 0 Å². The lowest BCUT2D eigenvalue weighted by molar-refractivity contribution is -0.173. The lowest BCUT2D eigenvalue weighted by Gasteiger charge is -2.48. The molecule has 8 nitrogen and oxygen atoms in total. The quantitative estimate of drug-likeness (QED) is 0.433. The number of piperidine rings is 1. The van der Waals surface area contributed by atoms with Crippen LogP contribution in [0.25, 0.3) is 22.0 Å². The van der Waals surface area contributed by atoms with Gasteiger partial charge in [-0.2, -0.15) is 5.10 Å². The standard InChI is InChI=1S/C29H29FN6O2/c30-24-14-20(21-4-3-19-2-1-11-31-25(19)15-21)5-8-23(24)27(28-32-18-33-34-28)35-12-9-29(10-13-35)17-36(22-6-7-22)26(37)16-38-29/h1-5,8,11,14-15,18,22,27H,6-7,9-10,12-13,16-17H2,(H,32,33,34). The zero-order valence-electron chi connectivity index (χ0n) is 21.0. The van der Waals surface area contributed by atoms with Crippen LogP contribution in [0.5, 0.6) is 0 Å². The lowest BCUT2D eigenvalue weighted by atomic mass is 9.87. The van der Waals surface area contributed by atoms with E-state index in [9.17, 15) is 4.79 Å².